The Bertz CT molecular complexity index is 998. The number of carbonyl (C=O) groups excluding carboxylic acids is 3. The third-order valence-corrected chi connectivity index (χ3v) is 6.72. The van der Waals surface area contributed by atoms with Crippen molar-refractivity contribution in [2.75, 3.05) is 27.3 Å². The molecule has 3 heterocycles. The lowest BCUT2D eigenvalue weighted by atomic mass is 9.89. The number of esters is 2. The summed E-state index contributed by atoms with van der Waals surface area (Å²) < 4.78 is 16.4. The largest absolute Gasteiger partial charge is 0.467 e. The van der Waals surface area contributed by atoms with Crippen molar-refractivity contribution in [3.05, 3.63) is 35.5 Å². The fourth-order valence-electron chi connectivity index (χ4n) is 5.01. The summed E-state index contributed by atoms with van der Waals surface area (Å²) in [6, 6.07) is 2.85. The molecule has 184 valence electrons. The van der Waals surface area contributed by atoms with Crippen LogP contribution in [0.3, 0.4) is 0 Å². The second-order valence-corrected chi connectivity index (χ2v) is 8.87. The molecule has 4 rings (SSSR count). The van der Waals surface area contributed by atoms with E-state index < -0.39 is 18.0 Å². The lowest BCUT2D eigenvalue weighted by Gasteiger charge is -2.30. The number of carbonyl (C=O) groups is 3. The first-order valence-corrected chi connectivity index (χ1v) is 11.7. The quantitative estimate of drug-likeness (QED) is 0.572. The molecule has 0 unspecified atom stereocenters. The average molecular weight is 474 g/mol. The average Bonchev–Trinajstić information content (AvgIpc) is 3.62. The maximum absolute atomic E-state index is 13.2. The second kappa shape index (κ2) is 10.8. The van der Waals surface area contributed by atoms with Crippen molar-refractivity contribution >= 4 is 17.8 Å². The highest BCUT2D eigenvalue weighted by Gasteiger charge is 2.41. The maximum atomic E-state index is 13.2. The molecule has 0 aromatic carbocycles. The smallest absolute Gasteiger partial charge is 0.361 e. The molecule has 2 atom stereocenters. The van der Waals surface area contributed by atoms with Crippen LogP contribution in [0.25, 0.3) is 0 Å². The monoisotopic (exact) mass is 473 g/mol. The molecule has 1 saturated carbocycles. The standard InChI is InChI=1S/C23H31N5O6/c1-32-22(30)19-20(23(31)33-2)28(26-25-19)16-11-18(21(29)24-12-17-9-6-10-34-17)27(14-16)13-15-7-4-3-5-8-15/h6,9-10,15-16,18H,3-5,7-8,11-14H2,1-2H3,(H,24,29)/t16-,18-/m0/s1. The third kappa shape index (κ3) is 5.14. The van der Waals surface area contributed by atoms with Gasteiger partial charge in [-0.1, -0.05) is 24.5 Å². The summed E-state index contributed by atoms with van der Waals surface area (Å²) in [5.74, 6) is -0.405. The van der Waals surface area contributed by atoms with E-state index in [1.165, 1.54) is 38.2 Å². The second-order valence-electron chi connectivity index (χ2n) is 8.87. The predicted molar refractivity (Wildman–Crippen MR) is 119 cm³/mol. The highest BCUT2D eigenvalue weighted by molar-refractivity contribution is 6.00. The Morgan fingerprint density at radius 2 is 1.91 bits per heavy atom. The number of rotatable bonds is 8. The molecule has 0 bridgehead atoms. The number of ether oxygens (including phenoxy) is 2. The number of furan rings is 1. The summed E-state index contributed by atoms with van der Waals surface area (Å²) in [4.78, 5) is 40.0. The van der Waals surface area contributed by atoms with Gasteiger partial charge in [0.2, 0.25) is 11.6 Å². The van der Waals surface area contributed by atoms with Gasteiger partial charge in [0.05, 0.1) is 39.1 Å². The highest BCUT2D eigenvalue weighted by atomic mass is 16.5. The number of likely N-dealkylation sites (tertiary alicyclic amines) is 1. The Hall–Kier alpha value is -3.21. The molecule has 11 nitrogen and oxygen atoms in total. The molecule has 34 heavy (non-hydrogen) atoms. The molecule has 2 fully saturated rings. The number of hydrogen-bond donors (Lipinski definition) is 1. The zero-order valence-electron chi connectivity index (χ0n) is 19.6. The van der Waals surface area contributed by atoms with Gasteiger partial charge in [-0.05, 0) is 37.3 Å². The van der Waals surface area contributed by atoms with Gasteiger partial charge in [-0.3, -0.25) is 9.69 Å². The summed E-state index contributed by atoms with van der Waals surface area (Å²) in [5.41, 5.74) is -0.257. The van der Waals surface area contributed by atoms with Crippen LogP contribution >= 0.6 is 0 Å². The van der Waals surface area contributed by atoms with Gasteiger partial charge in [0.1, 0.15) is 5.76 Å². The summed E-state index contributed by atoms with van der Waals surface area (Å²) in [5, 5.41) is 10.9. The van der Waals surface area contributed by atoms with Crippen LogP contribution in [0.4, 0.5) is 0 Å². The molecular formula is C23H31N5O6. The van der Waals surface area contributed by atoms with E-state index in [1.807, 2.05) is 6.07 Å². The van der Waals surface area contributed by atoms with Gasteiger partial charge in [0, 0.05) is 13.1 Å². The third-order valence-electron chi connectivity index (χ3n) is 6.72. The van der Waals surface area contributed by atoms with Crippen LogP contribution in [-0.4, -0.2) is 71.1 Å². The van der Waals surface area contributed by atoms with Gasteiger partial charge >= 0.3 is 11.9 Å². The van der Waals surface area contributed by atoms with Crippen LogP contribution in [0, 0.1) is 5.92 Å². The van der Waals surface area contributed by atoms with E-state index >= 15 is 0 Å². The minimum atomic E-state index is -0.767. The van der Waals surface area contributed by atoms with Crippen molar-refractivity contribution in [1.82, 2.24) is 25.2 Å². The van der Waals surface area contributed by atoms with Crippen molar-refractivity contribution in [1.29, 1.82) is 0 Å². The Labute approximate surface area is 197 Å². The molecule has 1 saturated heterocycles. The van der Waals surface area contributed by atoms with Gasteiger partial charge in [-0.15, -0.1) is 5.10 Å². The number of amides is 1. The summed E-state index contributed by atoms with van der Waals surface area (Å²) in [7, 11) is 2.44. The van der Waals surface area contributed by atoms with Crippen LogP contribution < -0.4 is 5.32 Å². The first-order chi connectivity index (χ1) is 16.5. The Morgan fingerprint density at radius 1 is 1.15 bits per heavy atom. The van der Waals surface area contributed by atoms with Crippen LogP contribution in [0.5, 0.6) is 0 Å². The molecule has 1 amide bonds. The Kier molecular flexibility index (Phi) is 7.61. The molecule has 2 aliphatic rings. The van der Waals surface area contributed by atoms with Crippen LogP contribution in [0.1, 0.15) is 71.3 Å². The van der Waals surface area contributed by atoms with E-state index in [9.17, 15) is 14.4 Å². The predicted octanol–water partition coefficient (Wildman–Crippen LogP) is 1.96. The maximum Gasteiger partial charge on any atom is 0.361 e. The van der Waals surface area contributed by atoms with E-state index in [0.717, 1.165) is 19.4 Å². The molecule has 11 heteroatoms. The van der Waals surface area contributed by atoms with E-state index in [-0.39, 0.29) is 23.3 Å². The molecule has 1 N–H and O–H groups in total. The van der Waals surface area contributed by atoms with E-state index in [1.54, 1.807) is 12.3 Å². The number of nitrogens with zero attached hydrogens (tertiary/aromatic N) is 4. The van der Waals surface area contributed by atoms with Crippen LogP contribution in [-0.2, 0) is 20.8 Å². The van der Waals surface area contributed by atoms with Crippen LogP contribution in [0.2, 0.25) is 0 Å². The molecule has 1 aliphatic carbocycles. The number of hydrogen-bond acceptors (Lipinski definition) is 9. The van der Waals surface area contributed by atoms with E-state index in [4.69, 9.17) is 13.9 Å². The molecule has 2 aromatic rings. The van der Waals surface area contributed by atoms with Crippen molar-refractivity contribution in [2.45, 2.75) is 57.2 Å². The van der Waals surface area contributed by atoms with Gasteiger partial charge in [-0.25, -0.2) is 14.3 Å². The zero-order chi connectivity index (χ0) is 24.1. The van der Waals surface area contributed by atoms with Crippen LogP contribution in [0.15, 0.2) is 22.8 Å². The lowest BCUT2D eigenvalue weighted by molar-refractivity contribution is -0.126. The summed E-state index contributed by atoms with van der Waals surface area (Å²) >= 11 is 0. The van der Waals surface area contributed by atoms with E-state index in [0.29, 0.717) is 31.2 Å². The SMILES string of the molecule is COC(=O)c1nnn([C@H]2C[C@@H](C(=O)NCc3ccco3)N(CC3CCCCC3)C2)c1C(=O)OC. The first-order valence-electron chi connectivity index (χ1n) is 11.7. The molecule has 0 spiro atoms. The fourth-order valence-corrected chi connectivity index (χ4v) is 5.01. The van der Waals surface area contributed by atoms with Crippen molar-refractivity contribution in [3.63, 3.8) is 0 Å². The molecule has 2 aromatic heterocycles. The van der Waals surface area contributed by atoms with E-state index in [2.05, 4.69) is 20.5 Å². The van der Waals surface area contributed by atoms with Gasteiger partial charge < -0.3 is 19.2 Å². The number of aromatic nitrogens is 3. The lowest BCUT2D eigenvalue weighted by Crippen LogP contribution is -2.44. The first kappa shape index (κ1) is 23.9. The highest BCUT2D eigenvalue weighted by Crippen LogP contribution is 2.32. The van der Waals surface area contributed by atoms with Gasteiger partial charge in [0.15, 0.2) is 5.69 Å². The molecule has 0 radical (unpaired) electrons. The van der Waals surface area contributed by atoms with Crippen molar-refractivity contribution in [3.8, 4) is 0 Å². The summed E-state index contributed by atoms with van der Waals surface area (Å²) in [6.07, 6.45) is 7.94. The fraction of sp³-hybridized carbons (Fsp3) is 0.609. The number of methoxy groups -OCH3 is 2. The molecule has 1 aliphatic heterocycles. The topological polar surface area (TPSA) is 129 Å². The van der Waals surface area contributed by atoms with Crippen molar-refractivity contribution < 1.29 is 28.3 Å². The molecular weight excluding hydrogens is 442 g/mol. The Morgan fingerprint density at radius 3 is 2.59 bits per heavy atom. The van der Waals surface area contributed by atoms with Gasteiger partial charge in [0.25, 0.3) is 0 Å². The van der Waals surface area contributed by atoms with Crippen molar-refractivity contribution in [2.24, 2.45) is 5.92 Å². The zero-order valence-corrected chi connectivity index (χ0v) is 19.6. The normalized spacial score (nSPS) is 21.4. The summed E-state index contributed by atoms with van der Waals surface area (Å²) in [6.45, 7) is 1.60. The Balaban J connectivity index is 1.56. The number of nitrogens with one attached hydrogen (secondary N) is 1. The van der Waals surface area contributed by atoms with Gasteiger partial charge in [-0.2, -0.15) is 0 Å². The minimum absolute atomic E-state index is 0.0615. The minimum Gasteiger partial charge on any atom is -0.467 e.